The Morgan fingerprint density at radius 1 is 1.59 bits per heavy atom. The van der Waals surface area contributed by atoms with Gasteiger partial charge >= 0.3 is 5.97 Å². The van der Waals surface area contributed by atoms with Crippen LogP contribution in [0.1, 0.15) is 43.5 Å². The van der Waals surface area contributed by atoms with Crippen molar-refractivity contribution in [1.82, 2.24) is 4.98 Å². The molecule has 0 radical (unpaired) electrons. The Balaban J connectivity index is 2.21. The van der Waals surface area contributed by atoms with Crippen LogP contribution in [0.2, 0.25) is 0 Å². The van der Waals surface area contributed by atoms with Gasteiger partial charge in [0.25, 0.3) is 0 Å². The summed E-state index contributed by atoms with van der Waals surface area (Å²) in [5, 5.41) is 12.4. The Morgan fingerprint density at radius 2 is 2.35 bits per heavy atom. The second-order valence-corrected chi connectivity index (χ2v) is 5.30. The van der Waals surface area contributed by atoms with Crippen LogP contribution in [0.25, 0.3) is 0 Å². The van der Waals surface area contributed by atoms with Gasteiger partial charge in [-0.05, 0) is 24.3 Å². The zero-order chi connectivity index (χ0) is 12.5. The minimum Gasteiger partial charge on any atom is -0.478 e. The van der Waals surface area contributed by atoms with Gasteiger partial charge in [0.2, 0.25) is 0 Å². The van der Waals surface area contributed by atoms with Crippen molar-refractivity contribution in [2.45, 2.75) is 39.2 Å². The molecular formula is C13H18N2O2. The first-order chi connectivity index (χ1) is 8.00. The van der Waals surface area contributed by atoms with Gasteiger partial charge in [0, 0.05) is 18.4 Å². The van der Waals surface area contributed by atoms with Gasteiger partial charge in [0.05, 0.1) is 5.69 Å². The van der Waals surface area contributed by atoms with E-state index in [1.807, 2.05) is 0 Å². The number of carbonyl (C=O) groups is 1. The van der Waals surface area contributed by atoms with Crippen LogP contribution >= 0.6 is 0 Å². The molecule has 4 nitrogen and oxygen atoms in total. The summed E-state index contributed by atoms with van der Waals surface area (Å²) in [5.74, 6) is -0.934. The fourth-order valence-electron chi connectivity index (χ4n) is 2.47. The highest BCUT2D eigenvalue weighted by molar-refractivity contribution is 5.93. The highest BCUT2D eigenvalue weighted by Gasteiger charge is 2.34. The molecule has 1 aromatic heterocycles. The van der Waals surface area contributed by atoms with Crippen LogP contribution in [-0.2, 0) is 0 Å². The van der Waals surface area contributed by atoms with E-state index in [-0.39, 0.29) is 11.0 Å². The van der Waals surface area contributed by atoms with E-state index in [9.17, 15) is 4.79 Å². The number of aromatic carboxylic acids is 1. The fraction of sp³-hybridized carbons (Fsp3) is 0.538. The molecule has 0 aliphatic heterocycles. The van der Waals surface area contributed by atoms with Gasteiger partial charge in [-0.25, -0.2) is 4.79 Å². The predicted octanol–water partition coefficient (Wildman–Crippen LogP) is 2.77. The molecule has 4 heteroatoms. The van der Waals surface area contributed by atoms with Crippen molar-refractivity contribution in [3.8, 4) is 0 Å². The lowest BCUT2D eigenvalue weighted by molar-refractivity contribution is 0.0697. The number of hydrogen-bond donors (Lipinski definition) is 2. The lowest BCUT2D eigenvalue weighted by atomic mass is 9.87. The first-order valence-corrected chi connectivity index (χ1v) is 5.94. The standard InChI is InChI=1S/C13H18N2O2/c1-13(2)6-3-4-11(13)15-10-5-7-14-8-9(10)12(16)17/h5,7-8,11H,3-4,6H2,1-2H3,(H,14,15)(H,16,17). The highest BCUT2D eigenvalue weighted by atomic mass is 16.4. The number of anilines is 1. The smallest absolute Gasteiger partial charge is 0.339 e. The van der Waals surface area contributed by atoms with Crippen molar-refractivity contribution in [3.63, 3.8) is 0 Å². The van der Waals surface area contributed by atoms with Crippen molar-refractivity contribution in [2.24, 2.45) is 5.41 Å². The molecule has 1 fully saturated rings. The Hall–Kier alpha value is -1.58. The van der Waals surface area contributed by atoms with Crippen molar-refractivity contribution >= 4 is 11.7 Å². The molecule has 0 aromatic carbocycles. The van der Waals surface area contributed by atoms with Gasteiger partial charge in [-0.15, -0.1) is 0 Å². The van der Waals surface area contributed by atoms with E-state index in [0.29, 0.717) is 11.7 Å². The molecule has 92 valence electrons. The van der Waals surface area contributed by atoms with Crippen molar-refractivity contribution in [3.05, 3.63) is 24.0 Å². The number of carboxylic acid groups (broad SMARTS) is 1. The summed E-state index contributed by atoms with van der Waals surface area (Å²) in [5.41, 5.74) is 1.14. The van der Waals surface area contributed by atoms with E-state index in [4.69, 9.17) is 5.11 Å². The Morgan fingerprint density at radius 3 is 2.94 bits per heavy atom. The molecule has 2 N–H and O–H groups in total. The largest absolute Gasteiger partial charge is 0.478 e. The second-order valence-electron chi connectivity index (χ2n) is 5.30. The number of hydrogen-bond acceptors (Lipinski definition) is 3. The molecule has 0 spiro atoms. The van der Waals surface area contributed by atoms with Crippen molar-refractivity contribution < 1.29 is 9.90 Å². The van der Waals surface area contributed by atoms with Crippen molar-refractivity contribution in [1.29, 1.82) is 0 Å². The molecule has 0 amide bonds. The number of nitrogens with one attached hydrogen (secondary N) is 1. The SMILES string of the molecule is CC1(C)CCCC1Nc1ccncc1C(=O)O. The molecule has 1 heterocycles. The van der Waals surface area contributed by atoms with Crippen LogP contribution in [0, 0.1) is 5.41 Å². The lowest BCUT2D eigenvalue weighted by Gasteiger charge is -2.29. The summed E-state index contributed by atoms with van der Waals surface area (Å²) in [6.45, 7) is 4.44. The maximum Gasteiger partial charge on any atom is 0.339 e. The summed E-state index contributed by atoms with van der Waals surface area (Å²) in [6.07, 6.45) is 6.48. The Labute approximate surface area is 101 Å². The molecule has 1 atom stereocenters. The van der Waals surface area contributed by atoms with Gasteiger partial charge in [-0.3, -0.25) is 4.98 Å². The molecule has 1 unspecified atom stereocenters. The van der Waals surface area contributed by atoms with E-state index < -0.39 is 5.97 Å². The highest BCUT2D eigenvalue weighted by Crippen LogP contribution is 2.39. The summed E-state index contributed by atoms with van der Waals surface area (Å²) in [6, 6.07) is 2.07. The van der Waals surface area contributed by atoms with Gasteiger partial charge < -0.3 is 10.4 Å². The molecule has 1 aromatic rings. The third-order valence-corrected chi connectivity index (χ3v) is 3.64. The monoisotopic (exact) mass is 234 g/mol. The number of pyridine rings is 1. The van der Waals surface area contributed by atoms with E-state index in [1.165, 1.54) is 19.0 Å². The maximum absolute atomic E-state index is 11.1. The number of rotatable bonds is 3. The van der Waals surface area contributed by atoms with Gasteiger partial charge in [0.15, 0.2) is 0 Å². The first kappa shape index (κ1) is 11.9. The van der Waals surface area contributed by atoms with Crippen LogP contribution in [0.4, 0.5) is 5.69 Å². The molecule has 0 bridgehead atoms. The summed E-state index contributed by atoms with van der Waals surface area (Å²) in [4.78, 5) is 14.9. The van der Waals surface area contributed by atoms with Crippen LogP contribution in [0.5, 0.6) is 0 Å². The summed E-state index contributed by atoms with van der Waals surface area (Å²) >= 11 is 0. The molecule has 2 rings (SSSR count). The second kappa shape index (κ2) is 4.35. The Bertz CT molecular complexity index is 429. The zero-order valence-corrected chi connectivity index (χ0v) is 10.2. The minimum absolute atomic E-state index is 0.221. The molecule has 0 saturated heterocycles. The maximum atomic E-state index is 11.1. The third kappa shape index (κ3) is 2.40. The van der Waals surface area contributed by atoms with Crippen LogP contribution in [0.3, 0.4) is 0 Å². The number of carboxylic acids is 1. The van der Waals surface area contributed by atoms with Crippen LogP contribution < -0.4 is 5.32 Å². The third-order valence-electron chi connectivity index (χ3n) is 3.64. The Kier molecular flexibility index (Phi) is 3.05. The van der Waals surface area contributed by atoms with E-state index >= 15 is 0 Å². The fourth-order valence-corrected chi connectivity index (χ4v) is 2.47. The van der Waals surface area contributed by atoms with E-state index in [0.717, 1.165) is 6.42 Å². The topological polar surface area (TPSA) is 62.2 Å². The summed E-state index contributed by atoms with van der Waals surface area (Å²) < 4.78 is 0. The number of nitrogens with zero attached hydrogens (tertiary/aromatic N) is 1. The van der Waals surface area contributed by atoms with Crippen molar-refractivity contribution in [2.75, 3.05) is 5.32 Å². The molecule has 17 heavy (non-hydrogen) atoms. The molecule has 1 saturated carbocycles. The van der Waals surface area contributed by atoms with Gasteiger partial charge in [-0.1, -0.05) is 20.3 Å². The minimum atomic E-state index is -0.934. The summed E-state index contributed by atoms with van der Waals surface area (Å²) in [7, 11) is 0. The van der Waals surface area contributed by atoms with E-state index in [1.54, 1.807) is 12.3 Å². The van der Waals surface area contributed by atoms with Gasteiger partial charge in [0.1, 0.15) is 5.56 Å². The molecular weight excluding hydrogens is 216 g/mol. The van der Waals surface area contributed by atoms with E-state index in [2.05, 4.69) is 24.1 Å². The number of aromatic nitrogens is 1. The average Bonchev–Trinajstić information content (AvgIpc) is 2.59. The quantitative estimate of drug-likeness (QED) is 0.844. The molecule has 1 aliphatic rings. The van der Waals surface area contributed by atoms with Crippen LogP contribution in [-0.4, -0.2) is 22.1 Å². The average molecular weight is 234 g/mol. The normalized spacial score (nSPS) is 22.4. The predicted molar refractivity (Wildman–Crippen MR) is 66.2 cm³/mol. The zero-order valence-electron chi connectivity index (χ0n) is 10.2. The first-order valence-electron chi connectivity index (χ1n) is 5.94. The van der Waals surface area contributed by atoms with Gasteiger partial charge in [-0.2, -0.15) is 0 Å². The van der Waals surface area contributed by atoms with Crippen LogP contribution in [0.15, 0.2) is 18.5 Å². The molecule has 1 aliphatic carbocycles. The lowest BCUT2D eigenvalue weighted by Crippen LogP contribution is -2.31.